The highest BCUT2D eigenvalue weighted by Gasteiger charge is 2.10. The molecule has 0 atom stereocenters. The molecule has 4 nitrogen and oxygen atoms in total. The predicted molar refractivity (Wildman–Crippen MR) is 97.2 cm³/mol. The minimum absolute atomic E-state index is 0. The molecule has 6 heteroatoms. The van der Waals surface area contributed by atoms with Gasteiger partial charge < -0.3 is 15.4 Å². The highest BCUT2D eigenvalue weighted by atomic mass is 35.5. The minimum atomic E-state index is -0.288. The van der Waals surface area contributed by atoms with Gasteiger partial charge in [-0.05, 0) is 47.4 Å². The first-order valence-electron chi connectivity index (χ1n) is 8.17. The van der Waals surface area contributed by atoms with E-state index in [4.69, 9.17) is 4.74 Å². The largest absolute Gasteiger partial charge is 0.494 e. The second-order valence-electron chi connectivity index (χ2n) is 5.89. The third-order valence-electron chi connectivity index (χ3n) is 4.02. The molecule has 0 aromatic heterocycles. The maximum absolute atomic E-state index is 12.8. The van der Waals surface area contributed by atoms with E-state index in [-0.39, 0.29) is 24.1 Å². The molecular weight excluding hydrogens is 343 g/mol. The zero-order valence-electron chi connectivity index (χ0n) is 13.9. The molecule has 2 N–H and O–H groups in total. The summed E-state index contributed by atoms with van der Waals surface area (Å²) in [6.45, 7) is 2.81. The summed E-state index contributed by atoms with van der Waals surface area (Å²) in [5.74, 6) is 0.337. The SMILES string of the molecule is Cl.O=C(CCCOc1ccc(F)cc1)NCc1ccc2c(c1)CNC2. The van der Waals surface area contributed by atoms with Crippen molar-refractivity contribution in [2.45, 2.75) is 32.5 Å². The Bertz CT molecular complexity index is 707. The van der Waals surface area contributed by atoms with Crippen LogP contribution in [0.3, 0.4) is 0 Å². The molecule has 0 saturated heterocycles. The number of hydrogen-bond acceptors (Lipinski definition) is 3. The molecule has 2 aromatic rings. The highest BCUT2D eigenvalue weighted by molar-refractivity contribution is 5.85. The molecule has 0 fully saturated rings. The van der Waals surface area contributed by atoms with Gasteiger partial charge in [0.25, 0.3) is 0 Å². The molecule has 0 unspecified atom stereocenters. The van der Waals surface area contributed by atoms with Crippen molar-refractivity contribution >= 4 is 18.3 Å². The van der Waals surface area contributed by atoms with Crippen molar-refractivity contribution in [2.24, 2.45) is 0 Å². The summed E-state index contributed by atoms with van der Waals surface area (Å²) >= 11 is 0. The number of nitrogens with one attached hydrogen (secondary N) is 2. The molecule has 3 rings (SSSR count). The molecule has 25 heavy (non-hydrogen) atoms. The van der Waals surface area contributed by atoms with Crippen LogP contribution in [0.2, 0.25) is 0 Å². The maximum atomic E-state index is 12.8. The first-order chi connectivity index (χ1) is 11.7. The van der Waals surface area contributed by atoms with Gasteiger partial charge in [-0.25, -0.2) is 4.39 Å². The molecule has 2 aromatic carbocycles. The predicted octanol–water partition coefficient (Wildman–Crippen LogP) is 3.33. The third kappa shape index (κ3) is 5.73. The average Bonchev–Trinajstić information content (AvgIpc) is 3.06. The molecular formula is C19H22ClFN2O2. The molecule has 134 valence electrons. The van der Waals surface area contributed by atoms with Crippen LogP contribution in [0.5, 0.6) is 5.75 Å². The van der Waals surface area contributed by atoms with Crippen molar-refractivity contribution < 1.29 is 13.9 Å². The monoisotopic (exact) mass is 364 g/mol. The van der Waals surface area contributed by atoms with Crippen LogP contribution >= 0.6 is 12.4 Å². The molecule has 1 heterocycles. The van der Waals surface area contributed by atoms with Crippen molar-refractivity contribution in [1.29, 1.82) is 0 Å². The van der Waals surface area contributed by atoms with Gasteiger partial charge in [0, 0.05) is 26.1 Å². The van der Waals surface area contributed by atoms with Gasteiger partial charge in [0.2, 0.25) is 5.91 Å². The summed E-state index contributed by atoms with van der Waals surface area (Å²) in [6, 6.07) is 12.2. The van der Waals surface area contributed by atoms with E-state index in [1.807, 2.05) is 0 Å². The van der Waals surface area contributed by atoms with Crippen LogP contribution in [0, 0.1) is 5.82 Å². The van der Waals surface area contributed by atoms with E-state index in [0.29, 0.717) is 31.7 Å². The van der Waals surface area contributed by atoms with E-state index in [2.05, 4.69) is 28.8 Å². The lowest BCUT2D eigenvalue weighted by Crippen LogP contribution is -2.23. The van der Waals surface area contributed by atoms with E-state index in [1.54, 1.807) is 12.1 Å². The van der Waals surface area contributed by atoms with Crippen LogP contribution in [-0.2, 0) is 24.4 Å². The van der Waals surface area contributed by atoms with Crippen LogP contribution in [0.15, 0.2) is 42.5 Å². The van der Waals surface area contributed by atoms with Crippen molar-refractivity contribution in [2.75, 3.05) is 6.61 Å². The Morgan fingerprint density at radius 1 is 1.12 bits per heavy atom. The number of amides is 1. The Morgan fingerprint density at radius 2 is 1.88 bits per heavy atom. The normalized spacial score (nSPS) is 12.2. The van der Waals surface area contributed by atoms with Crippen LogP contribution < -0.4 is 15.4 Å². The van der Waals surface area contributed by atoms with Gasteiger partial charge in [-0.3, -0.25) is 4.79 Å². The molecule has 0 aliphatic carbocycles. The second-order valence-corrected chi connectivity index (χ2v) is 5.89. The number of carbonyl (C=O) groups is 1. The summed E-state index contributed by atoms with van der Waals surface area (Å²) in [5, 5.41) is 6.24. The van der Waals surface area contributed by atoms with E-state index in [0.717, 1.165) is 18.7 Å². The van der Waals surface area contributed by atoms with Crippen LogP contribution in [0.4, 0.5) is 4.39 Å². The molecule has 0 bridgehead atoms. The fourth-order valence-corrected chi connectivity index (χ4v) is 2.70. The van der Waals surface area contributed by atoms with Crippen molar-refractivity contribution in [1.82, 2.24) is 10.6 Å². The Morgan fingerprint density at radius 3 is 2.68 bits per heavy atom. The lowest BCUT2D eigenvalue weighted by Gasteiger charge is -2.08. The number of rotatable bonds is 7. The Balaban J connectivity index is 0.00000225. The first-order valence-corrected chi connectivity index (χ1v) is 8.17. The number of halogens is 2. The quantitative estimate of drug-likeness (QED) is 0.741. The lowest BCUT2D eigenvalue weighted by atomic mass is 10.1. The summed E-state index contributed by atoms with van der Waals surface area (Å²) in [5.41, 5.74) is 3.77. The Kier molecular flexibility index (Phi) is 7.22. The van der Waals surface area contributed by atoms with Gasteiger partial charge in [0.15, 0.2) is 0 Å². The molecule has 0 spiro atoms. The standard InChI is InChI=1S/C19H21FN2O2.ClH/c20-17-5-7-18(8-6-17)24-9-1-2-19(23)22-11-14-3-4-15-12-21-13-16(15)10-14;/h3-8,10,21H,1-2,9,11-13H2,(H,22,23);1H. The minimum Gasteiger partial charge on any atom is -0.494 e. The fourth-order valence-electron chi connectivity index (χ4n) is 2.70. The molecule has 1 aliphatic heterocycles. The van der Waals surface area contributed by atoms with Crippen molar-refractivity contribution in [3.8, 4) is 5.75 Å². The number of carbonyl (C=O) groups excluding carboxylic acids is 1. The van der Waals surface area contributed by atoms with Crippen LogP contribution in [0.25, 0.3) is 0 Å². The zero-order valence-corrected chi connectivity index (χ0v) is 14.7. The second kappa shape index (κ2) is 9.39. The Hall–Kier alpha value is -2.11. The topological polar surface area (TPSA) is 50.4 Å². The number of hydrogen-bond donors (Lipinski definition) is 2. The summed E-state index contributed by atoms with van der Waals surface area (Å²) in [4.78, 5) is 11.9. The Labute approximate surface area is 153 Å². The van der Waals surface area contributed by atoms with E-state index < -0.39 is 0 Å². The van der Waals surface area contributed by atoms with Gasteiger partial charge in [-0.2, -0.15) is 0 Å². The molecule has 1 aliphatic rings. The number of ether oxygens (including phenoxy) is 1. The highest BCUT2D eigenvalue weighted by Crippen LogP contribution is 2.17. The smallest absolute Gasteiger partial charge is 0.220 e. The number of fused-ring (bicyclic) bond motifs is 1. The van der Waals surface area contributed by atoms with Gasteiger partial charge in [0.1, 0.15) is 11.6 Å². The molecule has 1 amide bonds. The van der Waals surface area contributed by atoms with Crippen molar-refractivity contribution in [3.05, 3.63) is 65.0 Å². The summed E-state index contributed by atoms with van der Waals surface area (Å²) < 4.78 is 18.2. The van der Waals surface area contributed by atoms with Gasteiger partial charge in [0.05, 0.1) is 6.61 Å². The van der Waals surface area contributed by atoms with Crippen LogP contribution in [-0.4, -0.2) is 12.5 Å². The maximum Gasteiger partial charge on any atom is 0.220 e. The summed E-state index contributed by atoms with van der Waals surface area (Å²) in [6.07, 6.45) is 1.03. The fraction of sp³-hybridized carbons (Fsp3) is 0.316. The summed E-state index contributed by atoms with van der Waals surface area (Å²) in [7, 11) is 0. The van der Waals surface area contributed by atoms with E-state index >= 15 is 0 Å². The van der Waals surface area contributed by atoms with Crippen molar-refractivity contribution in [3.63, 3.8) is 0 Å². The third-order valence-corrected chi connectivity index (χ3v) is 4.02. The van der Waals surface area contributed by atoms with Gasteiger partial charge in [-0.15, -0.1) is 12.4 Å². The van der Waals surface area contributed by atoms with Gasteiger partial charge in [-0.1, -0.05) is 18.2 Å². The number of benzene rings is 2. The van der Waals surface area contributed by atoms with Gasteiger partial charge >= 0.3 is 0 Å². The van der Waals surface area contributed by atoms with E-state index in [9.17, 15) is 9.18 Å². The van der Waals surface area contributed by atoms with Crippen LogP contribution in [0.1, 0.15) is 29.5 Å². The average molecular weight is 365 g/mol. The van der Waals surface area contributed by atoms with E-state index in [1.165, 1.54) is 23.3 Å². The molecule has 0 saturated carbocycles. The first kappa shape index (κ1) is 19.2. The zero-order chi connectivity index (χ0) is 16.8. The molecule has 0 radical (unpaired) electrons. The lowest BCUT2D eigenvalue weighted by molar-refractivity contribution is -0.121.